The number of aliphatic imine (C=N–C) groups is 1. The van der Waals surface area contributed by atoms with Gasteiger partial charge in [0.15, 0.2) is 6.17 Å². The minimum atomic E-state index is -1.09. The van der Waals surface area contributed by atoms with Crippen LogP contribution >= 0.6 is 0 Å². The molecule has 0 spiro atoms. The third-order valence-electron chi connectivity index (χ3n) is 3.12. The fraction of sp³-hybridized carbons (Fsp3) is 0.133. The lowest BCUT2D eigenvalue weighted by atomic mass is 9.97. The molecule has 0 fully saturated rings. The number of alkyl halides is 1. The second-order valence-electron chi connectivity index (χ2n) is 4.21. The molecule has 0 radical (unpaired) electrons. The summed E-state index contributed by atoms with van der Waals surface area (Å²) in [5.41, 5.74) is 3.86. The van der Waals surface area contributed by atoms with Crippen LogP contribution in [0.15, 0.2) is 53.5 Å². The van der Waals surface area contributed by atoms with Crippen molar-refractivity contribution in [2.45, 2.75) is 13.1 Å². The third kappa shape index (κ3) is 1.57. The van der Waals surface area contributed by atoms with E-state index in [0.717, 1.165) is 17.0 Å². The van der Waals surface area contributed by atoms with Crippen LogP contribution in [0.25, 0.3) is 0 Å². The first-order valence-corrected chi connectivity index (χ1v) is 5.65. The van der Waals surface area contributed by atoms with Gasteiger partial charge in [0, 0.05) is 16.8 Å². The lowest BCUT2D eigenvalue weighted by Crippen LogP contribution is -2.00. The molecule has 2 aromatic rings. The Bertz CT molecular complexity index is 601. The molecule has 0 saturated heterocycles. The number of halogens is 1. The van der Waals surface area contributed by atoms with Crippen molar-refractivity contribution in [3.8, 4) is 0 Å². The summed E-state index contributed by atoms with van der Waals surface area (Å²) < 4.78 is 14.5. The molecule has 84 valence electrons. The van der Waals surface area contributed by atoms with Gasteiger partial charge in [-0.15, -0.1) is 0 Å². The van der Waals surface area contributed by atoms with Gasteiger partial charge < -0.3 is 0 Å². The van der Waals surface area contributed by atoms with Crippen LogP contribution < -0.4 is 0 Å². The van der Waals surface area contributed by atoms with E-state index in [-0.39, 0.29) is 0 Å². The Labute approximate surface area is 99.6 Å². The highest BCUT2D eigenvalue weighted by Crippen LogP contribution is 2.37. The van der Waals surface area contributed by atoms with Gasteiger partial charge in [-0.25, -0.2) is 4.39 Å². The molecule has 1 nitrogen and oxygen atoms in total. The number of fused-ring (bicyclic) bond motifs is 2. The van der Waals surface area contributed by atoms with Crippen LogP contribution in [-0.2, 0) is 0 Å². The monoisotopic (exact) mass is 225 g/mol. The van der Waals surface area contributed by atoms with E-state index in [4.69, 9.17) is 0 Å². The molecule has 0 amide bonds. The van der Waals surface area contributed by atoms with Gasteiger partial charge in [-0.05, 0) is 18.6 Å². The van der Waals surface area contributed by atoms with Crippen LogP contribution in [0.3, 0.4) is 0 Å². The van der Waals surface area contributed by atoms with Gasteiger partial charge in [-0.2, -0.15) is 0 Å². The number of rotatable bonds is 0. The minimum Gasteiger partial charge on any atom is -0.253 e. The summed E-state index contributed by atoms with van der Waals surface area (Å²) in [6.07, 6.45) is -1.09. The van der Waals surface area contributed by atoms with E-state index in [0.29, 0.717) is 11.1 Å². The Balaban J connectivity index is 2.32. The summed E-state index contributed by atoms with van der Waals surface area (Å²) in [6.45, 7) is 1.92. The first-order chi connectivity index (χ1) is 8.27. The maximum Gasteiger partial charge on any atom is 0.153 e. The largest absolute Gasteiger partial charge is 0.253 e. The Morgan fingerprint density at radius 3 is 2.41 bits per heavy atom. The predicted molar refractivity (Wildman–Crippen MR) is 67.7 cm³/mol. The number of nitrogens with zero attached hydrogens (tertiary/aromatic N) is 1. The molecule has 2 heteroatoms. The molecule has 0 N–H and O–H groups in total. The van der Waals surface area contributed by atoms with Crippen molar-refractivity contribution in [3.63, 3.8) is 0 Å². The maximum absolute atomic E-state index is 14.5. The number of benzene rings is 2. The van der Waals surface area contributed by atoms with Crippen molar-refractivity contribution < 1.29 is 4.39 Å². The van der Waals surface area contributed by atoms with E-state index >= 15 is 0 Å². The molecule has 1 unspecified atom stereocenters. The van der Waals surface area contributed by atoms with Gasteiger partial charge in [0.05, 0.1) is 5.69 Å². The second-order valence-corrected chi connectivity index (χ2v) is 4.21. The Morgan fingerprint density at radius 2 is 1.59 bits per heavy atom. The minimum absolute atomic E-state index is 0.650. The van der Waals surface area contributed by atoms with Crippen LogP contribution in [0, 0.1) is 0 Å². The van der Waals surface area contributed by atoms with Crippen molar-refractivity contribution in [1.29, 1.82) is 0 Å². The first kappa shape index (κ1) is 10.2. The normalized spacial score (nSPS) is 17.8. The fourth-order valence-electron chi connectivity index (χ4n) is 2.26. The van der Waals surface area contributed by atoms with Gasteiger partial charge in [-0.3, -0.25) is 4.99 Å². The molecule has 2 aromatic carbocycles. The van der Waals surface area contributed by atoms with E-state index in [9.17, 15) is 4.39 Å². The van der Waals surface area contributed by atoms with Gasteiger partial charge >= 0.3 is 0 Å². The molecule has 3 rings (SSSR count). The first-order valence-electron chi connectivity index (χ1n) is 5.65. The highest BCUT2D eigenvalue weighted by molar-refractivity contribution is 6.02. The molecule has 0 saturated carbocycles. The van der Waals surface area contributed by atoms with Crippen LogP contribution in [0.5, 0.6) is 0 Å². The topological polar surface area (TPSA) is 12.4 Å². The van der Waals surface area contributed by atoms with Crippen LogP contribution in [0.1, 0.15) is 29.8 Å². The second kappa shape index (κ2) is 3.81. The summed E-state index contributed by atoms with van der Waals surface area (Å²) in [4.78, 5) is 4.51. The molecular weight excluding hydrogens is 213 g/mol. The Kier molecular flexibility index (Phi) is 2.29. The summed E-state index contributed by atoms with van der Waals surface area (Å²) >= 11 is 0. The van der Waals surface area contributed by atoms with E-state index in [1.807, 2.05) is 49.4 Å². The average molecular weight is 225 g/mol. The molecule has 1 aliphatic rings. The standard InChI is InChI=1S/C15H12FN/c1-10-11-6-2-3-7-12(11)15(16)13-8-4-5-9-14(13)17-10/h2-9,15H,1H3. The number of para-hydroxylation sites is 1. The molecular formula is C15H12FN. The van der Waals surface area contributed by atoms with Crippen molar-refractivity contribution in [3.05, 3.63) is 65.2 Å². The SMILES string of the molecule is CC1=Nc2ccccc2C(F)c2ccccc21. The van der Waals surface area contributed by atoms with Crippen LogP contribution in [0.2, 0.25) is 0 Å². The summed E-state index contributed by atoms with van der Waals surface area (Å²) in [5, 5.41) is 0. The molecule has 17 heavy (non-hydrogen) atoms. The molecule has 1 atom stereocenters. The van der Waals surface area contributed by atoms with Gasteiger partial charge in [0.25, 0.3) is 0 Å². The van der Waals surface area contributed by atoms with Crippen molar-refractivity contribution in [1.82, 2.24) is 0 Å². The van der Waals surface area contributed by atoms with Crippen molar-refractivity contribution in [2.75, 3.05) is 0 Å². The molecule has 0 aliphatic carbocycles. The summed E-state index contributed by atoms with van der Waals surface area (Å²) in [6, 6.07) is 14.9. The lowest BCUT2D eigenvalue weighted by Gasteiger charge is -2.11. The fourth-order valence-corrected chi connectivity index (χ4v) is 2.26. The third-order valence-corrected chi connectivity index (χ3v) is 3.12. The molecule has 0 bridgehead atoms. The van der Waals surface area contributed by atoms with E-state index in [1.54, 1.807) is 6.07 Å². The smallest absolute Gasteiger partial charge is 0.153 e. The average Bonchev–Trinajstić information content (AvgIpc) is 2.48. The zero-order chi connectivity index (χ0) is 11.8. The van der Waals surface area contributed by atoms with Crippen molar-refractivity contribution in [2.24, 2.45) is 4.99 Å². The zero-order valence-electron chi connectivity index (χ0n) is 9.52. The van der Waals surface area contributed by atoms with Crippen molar-refractivity contribution >= 4 is 11.4 Å². The summed E-state index contributed by atoms with van der Waals surface area (Å²) in [7, 11) is 0. The van der Waals surface area contributed by atoms with Gasteiger partial charge in [0.1, 0.15) is 0 Å². The van der Waals surface area contributed by atoms with Crippen LogP contribution in [-0.4, -0.2) is 5.71 Å². The highest BCUT2D eigenvalue weighted by atomic mass is 19.1. The Hall–Kier alpha value is -1.96. The lowest BCUT2D eigenvalue weighted by molar-refractivity contribution is 0.403. The zero-order valence-corrected chi connectivity index (χ0v) is 9.52. The van der Waals surface area contributed by atoms with Gasteiger partial charge in [-0.1, -0.05) is 42.5 Å². The van der Waals surface area contributed by atoms with E-state index in [2.05, 4.69) is 4.99 Å². The maximum atomic E-state index is 14.5. The molecule has 1 aliphatic heterocycles. The number of hydrogen-bond donors (Lipinski definition) is 0. The number of hydrogen-bond acceptors (Lipinski definition) is 1. The summed E-state index contributed by atoms with van der Waals surface area (Å²) in [5.74, 6) is 0. The highest BCUT2D eigenvalue weighted by Gasteiger charge is 2.22. The quantitative estimate of drug-likeness (QED) is 0.637. The Morgan fingerprint density at radius 1 is 0.941 bits per heavy atom. The van der Waals surface area contributed by atoms with Crippen LogP contribution in [0.4, 0.5) is 10.1 Å². The molecule has 1 heterocycles. The van der Waals surface area contributed by atoms with E-state index in [1.165, 1.54) is 0 Å². The molecule has 0 aromatic heterocycles. The van der Waals surface area contributed by atoms with Gasteiger partial charge in [0.2, 0.25) is 0 Å². The van der Waals surface area contributed by atoms with E-state index < -0.39 is 6.17 Å². The predicted octanol–water partition coefficient (Wildman–Crippen LogP) is 4.20.